The van der Waals surface area contributed by atoms with Crippen LogP contribution in [0.15, 0.2) is 36.7 Å². The van der Waals surface area contributed by atoms with Crippen LogP contribution >= 0.6 is 18.7 Å². The van der Waals surface area contributed by atoms with E-state index in [4.69, 9.17) is 9.26 Å². The molecule has 0 bridgehead atoms. The van der Waals surface area contributed by atoms with Crippen LogP contribution in [0, 0.1) is 12.3 Å². The van der Waals surface area contributed by atoms with E-state index in [-0.39, 0.29) is 11.1 Å². The molecule has 7 heteroatoms. The average Bonchev–Trinajstić information content (AvgIpc) is 3.11. The number of hydrogen-bond acceptors (Lipinski definition) is 6. The van der Waals surface area contributed by atoms with Crippen LogP contribution in [0.2, 0.25) is 0 Å². The van der Waals surface area contributed by atoms with Gasteiger partial charge in [0.2, 0.25) is 7.37 Å². The van der Waals surface area contributed by atoms with Gasteiger partial charge in [-0.1, -0.05) is 13.8 Å². The van der Waals surface area contributed by atoms with Crippen LogP contribution < -0.4 is 4.74 Å². The molecule has 0 saturated carbocycles. The van der Waals surface area contributed by atoms with E-state index < -0.39 is 7.37 Å². The molecule has 3 heterocycles. The van der Waals surface area contributed by atoms with E-state index >= 15 is 0 Å². The molecule has 0 aliphatic carbocycles. The summed E-state index contributed by atoms with van der Waals surface area (Å²) >= 11 is 1.74. The zero-order chi connectivity index (χ0) is 21.4. The molecule has 1 aliphatic heterocycles. The fraction of sp³-hybridized carbons (Fsp3) is 0.478. The average molecular weight is 445 g/mol. The lowest BCUT2D eigenvalue weighted by molar-refractivity contribution is 0.151. The third-order valence-corrected chi connectivity index (χ3v) is 9.81. The first-order valence-electron chi connectivity index (χ1n) is 10.3. The van der Waals surface area contributed by atoms with E-state index in [0.717, 1.165) is 30.0 Å². The smallest absolute Gasteiger partial charge is 0.206 e. The Morgan fingerprint density at radius 2 is 2.10 bits per heavy atom. The molecular formula is C23H29N2O3PS. The number of rotatable bonds is 6. The summed E-state index contributed by atoms with van der Waals surface area (Å²) in [4.78, 5) is 10.1. The van der Waals surface area contributed by atoms with Crippen LogP contribution in [0.25, 0.3) is 10.1 Å². The first-order chi connectivity index (χ1) is 14.3. The first kappa shape index (κ1) is 21.5. The van der Waals surface area contributed by atoms with Gasteiger partial charge in [-0.15, -0.1) is 11.3 Å². The third kappa shape index (κ3) is 4.77. The van der Waals surface area contributed by atoms with E-state index in [2.05, 4.69) is 42.0 Å². The highest BCUT2D eigenvalue weighted by atomic mass is 32.1. The van der Waals surface area contributed by atoms with E-state index in [1.165, 1.54) is 15.0 Å². The summed E-state index contributed by atoms with van der Waals surface area (Å²) in [5.74, 6) is 0.855. The van der Waals surface area contributed by atoms with Crippen molar-refractivity contribution in [2.45, 2.75) is 45.7 Å². The minimum absolute atomic E-state index is 0.0791. The number of hydrogen-bond donors (Lipinski definition) is 0. The maximum absolute atomic E-state index is 13.9. The minimum Gasteiger partial charge on any atom is -0.497 e. The van der Waals surface area contributed by atoms with Gasteiger partial charge >= 0.3 is 0 Å². The van der Waals surface area contributed by atoms with Gasteiger partial charge in [-0.2, -0.15) is 0 Å². The van der Waals surface area contributed by atoms with Crippen molar-refractivity contribution in [2.75, 3.05) is 19.9 Å². The van der Waals surface area contributed by atoms with Gasteiger partial charge in [-0.05, 0) is 54.8 Å². The topological polar surface area (TPSA) is 61.3 Å². The molecular weight excluding hydrogens is 415 g/mol. The molecule has 5 nitrogen and oxygen atoms in total. The van der Waals surface area contributed by atoms with Gasteiger partial charge < -0.3 is 9.26 Å². The van der Waals surface area contributed by atoms with Crippen LogP contribution in [0.4, 0.5) is 0 Å². The Labute approximate surface area is 182 Å². The van der Waals surface area contributed by atoms with Gasteiger partial charge in [-0.3, -0.25) is 14.5 Å². The highest BCUT2D eigenvalue weighted by molar-refractivity contribution is 7.59. The Bertz CT molecular complexity index is 1080. The van der Waals surface area contributed by atoms with Crippen LogP contribution in [0.3, 0.4) is 0 Å². The van der Waals surface area contributed by atoms with E-state index in [9.17, 15) is 4.57 Å². The molecule has 1 saturated heterocycles. The van der Waals surface area contributed by atoms with Crippen molar-refractivity contribution in [1.82, 2.24) is 9.97 Å². The molecule has 4 rings (SSSR count). The third-order valence-electron chi connectivity index (χ3n) is 5.80. The molecule has 3 aromatic rings. The molecule has 0 N–H and O–H groups in total. The maximum Gasteiger partial charge on any atom is 0.206 e. The normalized spacial score (nSPS) is 22.1. The number of benzene rings is 1. The summed E-state index contributed by atoms with van der Waals surface area (Å²) in [6.45, 7) is 6.84. The number of aromatic nitrogens is 2. The summed E-state index contributed by atoms with van der Waals surface area (Å²) < 4.78 is 26.6. The number of ether oxygens (including phenoxy) is 1. The van der Waals surface area contributed by atoms with E-state index in [1.54, 1.807) is 30.8 Å². The highest BCUT2D eigenvalue weighted by Crippen LogP contribution is 2.59. The van der Waals surface area contributed by atoms with Crippen molar-refractivity contribution < 1.29 is 13.8 Å². The summed E-state index contributed by atoms with van der Waals surface area (Å²) in [6, 6.07) is 8.32. The number of aryl methyl sites for hydroxylation is 1. The summed E-state index contributed by atoms with van der Waals surface area (Å²) in [5.41, 5.74) is 1.74. The Kier molecular flexibility index (Phi) is 6.02. The lowest BCUT2D eigenvalue weighted by Crippen LogP contribution is -2.30. The molecule has 30 heavy (non-hydrogen) atoms. The molecule has 1 aliphatic rings. The first-order valence-corrected chi connectivity index (χ1v) is 13.0. The summed E-state index contributed by atoms with van der Waals surface area (Å²) in [6.07, 6.45) is 6.42. The monoisotopic (exact) mass is 444 g/mol. The zero-order valence-corrected chi connectivity index (χ0v) is 19.8. The standard InChI is InChI=1S/C23H29N2O3PS/c1-16-13-24-14-18(25-16)10-20(29(26)8-7-23(2,3)15-28-29)12-21-9-17-5-6-19(27-4)11-22(17)30-21/h5-6,9,11,13-14,20H,7-8,10,12,15H2,1-4H3. The van der Waals surface area contributed by atoms with Gasteiger partial charge in [0.15, 0.2) is 0 Å². The Balaban J connectivity index is 1.64. The van der Waals surface area contributed by atoms with Gasteiger partial charge in [0.05, 0.1) is 25.1 Å². The summed E-state index contributed by atoms with van der Waals surface area (Å²) in [5, 5.41) is 1.19. The quantitative estimate of drug-likeness (QED) is 0.444. The van der Waals surface area contributed by atoms with Crippen molar-refractivity contribution in [2.24, 2.45) is 5.41 Å². The maximum atomic E-state index is 13.9. The van der Waals surface area contributed by atoms with Gasteiger partial charge in [0, 0.05) is 40.2 Å². The fourth-order valence-corrected chi connectivity index (χ4v) is 8.33. The fourth-order valence-electron chi connectivity index (χ4n) is 3.90. The van der Waals surface area contributed by atoms with Crippen LogP contribution in [0.1, 0.15) is 36.5 Å². The Hall–Kier alpha value is -1.75. The number of nitrogens with zero attached hydrogens (tertiary/aromatic N) is 2. The Morgan fingerprint density at radius 1 is 1.27 bits per heavy atom. The van der Waals surface area contributed by atoms with Crippen molar-refractivity contribution in [3.63, 3.8) is 0 Å². The van der Waals surface area contributed by atoms with Crippen molar-refractivity contribution in [1.29, 1.82) is 0 Å². The highest BCUT2D eigenvalue weighted by Gasteiger charge is 2.41. The van der Waals surface area contributed by atoms with Crippen LogP contribution in [-0.4, -0.2) is 35.5 Å². The molecule has 0 amide bonds. The van der Waals surface area contributed by atoms with E-state index in [1.807, 2.05) is 13.0 Å². The lowest BCUT2D eigenvalue weighted by atomic mass is 9.92. The molecule has 0 radical (unpaired) electrons. The molecule has 0 spiro atoms. The second kappa shape index (κ2) is 8.41. The second-order valence-electron chi connectivity index (χ2n) is 8.97. The molecule has 1 fully saturated rings. The zero-order valence-electron chi connectivity index (χ0n) is 18.1. The minimum atomic E-state index is -2.79. The molecule has 2 aromatic heterocycles. The largest absolute Gasteiger partial charge is 0.497 e. The van der Waals surface area contributed by atoms with Crippen LogP contribution in [-0.2, 0) is 21.9 Å². The van der Waals surface area contributed by atoms with Gasteiger partial charge in [-0.25, -0.2) is 0 Å². The predicted molar refractivity (Wildman–Crippen MR) is 123 cm³/mol. The molecule has 160 valence electrons. The number of fused-ring (bicyclic) bond motifs is 1. The number of thiophene rings is 1. The molecule has 2 unspecified atom stereocenters. The number of methoxy groups -OCH3 is 1. The molecule has 2 atom stereocenters. The van der Waals surface area contributed by atoms with Gasteiger partial charge in [0.25, 0.3) is 0 Å². The van der Waals surface area contributed by atoms with Crippen molar-refractivity contribution in [3.8, 4) is 5.75 Å². The SMILES string of the molecule is COc1ccc2cc(CC(Cc3cncc(C)n3)P3(=O)CCC(C)(C)CO3)sc2c1. The second-order valence-corrected chi connectivity index (χ2v) is 13.0. The summed E-state index contributed by atoms with van der Waals surface area (Å²) in [7, 11) is -1.11. The molecule has 1 aromatic carbocycles. The van der Waals surface area contributed by atoms with E-state index in [0.29, 0.717) is 19.2 Å². The van der Waals surface area contributed by atoms with Crippen LogP contribution in [0.5, 0.6) is 5.75 Å². The van der Waals surface area contributed by atoms with Crippen molar-refractivity contribution >= 4 is 28.8 Å². The van der Waals surface area contributed by atoms with Crippen molar-refractivity contribution in [3.05, 3.63) is 52.9 Å². The Morgan fingerprint density at radius 3 is 2.80 bits per heavy atom. The predicted octanol–water partition coefficient (Wildman–Crippen LogP) is 5.89. The van der Waals surface area contributed by atoms with Gasteiger partial charge in [0.1, 0.15) is 5.75 Å². The lowest BCUT2D eigenvalue weighted by Gasteiger charge is -2.38.